The number of carbonyl (C=O) groups excluding carboxylic acids is 4. The van der Waals surface area contributed by atoms with Crippen LogP contribution in [0.4, 0.5) is 5.69 Å². The van der Waals surface area contributed by atoms with Crippen molar-refractivity contribution in [3.8, 4) is 0 Å². The maximum absolute atomic E-state index is 13.3. The number of rotatable bonds is 4. The van der Waals surface area contributed by atoms with Crippen LogP contribution in [-0.4, -0.2) is 52.3 Å². The molecule has 4 rings (SSSR count). The second-order valence-corrected chi connectivity index (χ2v) is 7.76. The normalized spacial score (nSPS) is 16.3. The molecular weight excluding hydrogens is 454 g/mol. The minimum atomic E-state index is -1.01. The summed E-state index contributed by atoms with van der Waals surface area (Å²) < 4.78 is 20.0. The summed E-state index contributed by atoms with van der Waals surface area (Å²) in [6, 6.07) is 13.6. The van der Waals surface area contributed by atoms with Crippen LogP contribution in [0.3, 0.4) is 0 Å². The molecule has 2 aromatic rings. The molecule has 0 saturated heterocycles. The summed E-state index contributed by atoms with van der Waals surface area (Å²) in [5.74, 6) is -3.77. The number of para-hydroxylation sites is 1. The number of methoxy groups -OCH3 is 4. The zero-order valence-electron chi connectivity index (χ0n) is 19.6. The lowest BCUT2D eigenvalue weighted by Gasteiger charge is -2.40. The molecule has 9 nitrogen and oxygen atoms in total. The minimum Gasteiger partial charge on any atom is -0.466 e. The molecule has 2 aliphatic rings. The van der Waals surface area contributed by atoms with E-state index in [1.165, 1.54) is 12.0 Å². The summed E-state index contributed by atoms with van der Waals surface area (Å²) in [6.07, 6.45) is 0.476. The molecule has 1 atom stereocenters. The molecule has 0 amide bonds. The molecule has 2 heterocycles. The molecule has 0 aliphatic carbocycles. The largest absolute Gasteiger partial charge is 0.466 e. The summed E-state index contributed by atoms with van der Waals surface area (Å²) in [6.45, 7) is 0. The highest BCUT2D eigenvalue weighted by atomic mass is 16.5. The Bertz CT molecular complexity index is 1210. The van der Waals surface area contributed by atoms with Gasteiger partial charge in [0.1, 0.15) is 11.3 Å². The first-order valence-corrected chi connectivity index (χ1v) is 10.7. The van der Waals surface area contributed by atoms with Gasteiger partial charge in [-0.05, 0) is 29.2 Å². The van der Waals surface area contributed by atoms with Crippen LogP contribution >= 0.6 is 0 Å². The van der Waals surface area contributed by atoms with E-state index in [0.29, 0.717) is 17.7 Å². The molecule has 2 aliphatic heterocycles. The van der Waals surface area contributed by atoms with E-state index in [1.54, 1.807) is 24.3 Å². The highest BCUT2D eigenvalue weighted by molar-refractivity contribution is 6.18. The van der Waals surface area contributed by atoms with Gasteiger partial charge in [-0.1, -0.05) is 42.5 Å². The van der Waals surface area contributed by atoms with Gasteiger partial charge in [0.25, 0.3) is 0 Å². The third-order valence-electron chi connectivity index (χ3n) is 6.07. The van der Waals surface area contributed by atoms with E-state index in [4.69, 9.17) is 18.9 Å². The van der Waals surface area contributed by atoms with E-state index in [2.05, 4.69) is 0 Å². The Morgan fingerprint density at radius 3 is 1.86 bits per heavy atom. The van der Waals surface area contributed by atoms with Crippen molar-refractivity contribution in [2.24, 2.45) is 0 Å². The van der Waals surface area contributed by atoms with E-state index in [0.717, 1.165) is 32.5 Å². The van der Waals surface area contributed by atoms with E-state index in [-0.39, 0.29) is 11.3 Å². The van der Waals surface area contributed by atoms with Crippen molar-refractivity contribution < 1.29 is 38.1 Å². The van der Waals surface area contributed by atoms with E-state index in [9.17, 15) is 19.2 Å². The third kappa shape index (κ3) is 3.74. The highest BCUT2D eigenvalue weighted by Crippen LogP contribution is 2.49. The number of hydrogen-bond acceptors (Lipinski definition) is 9. The van der Waals surface area contributed by atoms with Crippen LogP contribution in [0.1, 0.15) is 22.7 Å². The van der Waals surface area contributed by atoms with Crippen LogP contribution in [0.5, 0.6) is 0 Å². The van der Waals surface area contributed by atoms with Gasteiger partial charge in [-0.3, -0.25) is 0 Å². The lowest BCUT2D eigenvalue weighted by Crippen LogP contribution is -2.43. The maximum Gasteiger partial charge on any atom is 0.355 e. The molecule has 0 N–H and O–H groups in total. The van der Waals surface area contributed by atoms with Gasteiger partial charge in [0.2, 0.25) is 0 Å². The molecule has 0 aromatic heterocycles. The fraction of sp³-hybridized carbons (Fsp3) is 0.231. The molecule has 0 saturated carbocycles. The van der Waals surface area contributed by atoms with Crippen LogP contribution in [0, 0.1) is 0 Å². The van der Waals surface area contributed by atoms with Gasteiger partial charge in [-0.15, -0.1) is 0 Å². The first kappa shape index (κ1) is 23.7. The Labute approximate surface area is 201 Å². The Morgan fingerprint density at radius 1 is 0.686 bits per heavy atom. The number of carbonyl (C=O) groups is 4. The summed E-state index contributed by atoms with van der Waals surface area (Å²) in [4.78, 5) is 54.3. The topological polar surface area (TPSA) is 108 Å². The molecule has 2 aromatic carbocycles. The molecule has 0 bridgehead atoms. The average Bonchev–Trinajstić information content (AvgIpc) is 3.04. The van der Waals surface area contributed by atoms with Crippen LogP contribution in [0.25, 0.3) is 0 Å². The van der Waals surface area contributed by atoms with Crippen LogP contribution in [-0.2, 0) is 44.5 Å². The van der Waals surface area contributed by atoms with Crippen molar-refractivity contribution in [2.45, 2.75) is 12.5 Å². The molecule has 0 radical (unpaired) electrons. The number of anilines is 1. The summed E-state index contributed by atoms with van der Waals surface area (Å²) in [7, 11) is 4.55. The molecule has 35 heavy (non-hydrogen) atoms. The summed E-state index contributed by atoms with van der Waals surface area (Å²) in [5, 5.41) is 0. The van der Waals surface area contributed by atoms with Crippen LogP contribution in [0.2, 0.25) is 0 Å². The van der Waals surface area contributed by atoms with Gasteiger partial charge in [0.15, 0.2) is 0 Å². The second-order valence-electron chi connectivity index (χ2n) is 7.76. The highest BCUT2D eigenvalue weighted by Gasteiger charge is 2.49. The standard InChI is InChI=1S/C26H23NO8/c1-32-23(28)18-19(24(29)33-2)21-16-11-7-5-9-14(16)13-15-10-6-8-12-17(15)27(21)22(26(31)35-4)20(18)25(30)34-3/h5-12,21H,13H2,1-4H3. The Morgan fingerprint density at radius 2 is 1.23 bits per heavy atom. The monoisotopic (exact) mass is 477 g/mol. The van der Waals surface area contributed by atoms with Crippen molar-refractivity contribution in [3.05, 3.63) is 87.6 Å². The Balaban J connectivity index is 2.25. The van der Waals surface area contributed by atoms with Crippen molar-refractivity contribution in [2.75, 3.05) is 33.3 Å². The molecular formula is C26H23NO8. The van der Waals surface area contributed by atoms with Crippen LogP contribution in [0.15, 0.2) is 70.9 Å². The van der Waals surface area contributed by atoms with Crippen molar-refractivity contribution >= 4 is 29.6 Å². The first-order chi connectivity index (χ1) is 16.9. The fourth-order valence-electron chi connectivity index (χ4n) is 4.62. The number of hydrogen-bond donors (Lipinski definition) is 0. The Kier molecular flexibility index (Phi) is 6.42. The predicted molar refractivity (Wildman–Crippen MR) is 123 cm³/mol. The third-order valence-corrected chi connectivity index (χ3v) is 6.07. The fourth-order valence-corrected chi connectivity index (χ4v) is 4.62. The van der Waals surface area contributed by atoms with Gasteiger partial charge in [0, 0.05) is 5.69 Å². The smallest absolute Gasteiger partial charge is 0.355 e. The van der Waals surface area contributed by atoms with Gasteiger partial charge >= 0.3 is 23.9 Å². The minimum absolute atomic E-state index is 0.156. The van der Waals surface area contributed by atoms with Crippen molar-refractivity contribution in [1.82, 2.24) is 0 Å². The lowest BCUT2D eigenvalue weighted by atomic mass is 9.83. The SMILES string of the molecule is COC(=O)C1=C(C(=O)OC)C2c3ccccc3Cc3ccccc3N2C(C(=O)OC)=C1C(=O)OC. The van der Waals surface area contributed by atoms with E-state index < -0.39 is 41.1 Å². The number of benzene rings is 2. The van der Waals surface area contributed by atoms with Gasteiger partial charge in [-0.25, -0.2) is 19.2 Å². The second kappa shape index (κ2) is 9.46. The summed E-state index contributed by atoms with van der Waals surface area (Å²) in [5.41, 5.74) is 1.64. The van der Waals surface area contributed by atoms with Crippen LogP contribution < -0.4 is 4.90 Å². The number of esters is 4. The predicted octanol–water partition coefficient (Wildman–Crippen LogP) is 2.39. The van der Waals surface area contributed by atoms with E-state index >= 15 is 0 Å². The first-order valence-electron chi connectivity index (χ1n) is 10.7. The zero-order valence-corrected chi connectivity index (χ0v) is 19.6. The van der Waals surface area contributed by atoms with Gasteiger partial charge in [-0.2, -0.15) is 0 Å². The number of ether oxygens (including phenoxy) is 4. The maximum atomic E-state index is 13.3. The van der Waals surface area contributed by atoms with E-state index in [1.807, 2.05) is 24.3 Å². The quantitative estimate of drug-likeness (QED) is 0.484. The average molecular weight is 477 g/mol. The van der Waals surface area contributed by atoms with Crippen molar-refractivity contribution in [3.63, 3.8) is 0 Å². The zero-order chi connectivity index (χ0) is 25.3. The number of nitrogens with zero attached hydrogens (tertiary/aromatic N) is 1. The molecule has 1 unspecified atom stereocenters. The lowest BCUT2D eigenvalue weighted by molar-refractivity contribution is -0.142. The molecule has 0 fully saturated rings. The van der Waals surface area contributed by atoms with Crippen molar-refractivity contribution in [1.29, 1.82) is 0 Å². The summed E-state index contributed by atoms with van der Waals surface area (Å²) >= 11 is 0. The number of fused-ring (bicyclic) bond motifs is 5. The van der Waals surface area contributed by atoms with Gasteiger partial charge in [0.05, 0.1) is 45.6 Å². The Hall–Kier alpha value is -4.40. The molecule has 180 valence electrons. The molecule has 0 spiro atoms. The molecule has 9 heteroatoms. The van der Waals surface area contributed by atoms with Gasteiger partial charge < -0.3 is 23.8 Å².